The number of nitrogens with zero attached hydrogens (tertiary/aromatic N) is 4. The maximum absolute atomic E-state index is 12.6. The van der Waals surface area contributed by atoms with E-state index in [4.69, 9.17) is 5.21 Å². The average Bonchev–Trinajstić information content (AvgIpc) is 3.28. The number of aromatic nitrogens is 2. The second-order valence-electron chi connectivity index (χ2n) is 6.23. The zero-order valence-electron chi connectivity index (χ0n) is 13.4. The molecule has 1 aromatic heterocycles. The van der Waals surface area contributed by atoms with Gasteiger partial charge in [0.05, 0.1) is 17.6 Å². The Hall–Kier alpha value is -3.00. The number of hydroxylamine groups is 1. The molecule has 0 unspecified atom stereocenters. The molecule has 0 saturated carbocycles. The Morgan fingerprint density at radius 1 is 1.04 bits per heavy atom. The van der Waals surface area contributed by atoms with Gasteiger partial charge in [-0.15, -0.1) is 0 Å². The average molecular weight is 339 g/mol. The van der Waals surface area contributed by atoms with Crippen LogP contribution in [0.2, 0.25) is 0 Å². The zero-order valence-corrected chi connectivity index (χ0v) is 13.4. The van der Waals surface area contributed by atoms with Gasteiger partial charge in [-0.05, 0) is 18.6 Å². The van der Waals surface area contributed by atoms with Crippen molar-refractivity contribution in [2.75, 3.05) is 18.0 Å². The molecule has 2 amide bonds. The summed E-state index contributed by atoms with van der Waals surface area (Å²) in [6.07, 6.45) is 3.65. The summed E-state index contributed by atoms with van der Waals surface area (Å²) in [4.78, 5) is 36.4. The molecule has 2 fully saturated rings. The largest absolute Gasteiger partial charge is 0.334 e. The van der Waals surface area contributed by atoms with Crippen LogP contribution in [0.15, 0.2) is 42.7 Å². The molecule has 2 aliphatic heterocycles. The second-order valence-corrected chi connectivity index (χ2v) is 6.23. The van der Waals surface area contributed by atoms with Gasteiger partial charge in [-0.3, -0.25) is 14.8 Å². The highest BCUT2D eigenvalue weighted by Crippen LogP contribution is 2.33. The number of carbonyl (C=O) groups is 2. The Balaban J connectivity index is 1.46. The van der Waals surface area contributed by atoms with Crippen LogP contribution in [0.1, 0.15) is 27.1 Å². The minimum absolute atomic E-state index is 0.0589. The Bertz CT molecular complexity index is 796. The number of likely N-dealkylation sites (tertiary alicyclic amines) is 1. The van der Waals surface area contributed by atoms with E-state index in [1.807, 2.05) is 35.2 Å². The van der Waals surface area contributed by atoms with E-state index in [0.717, 1.165) is 6.42 Å². The molecule has 1 aromatic carbocycles. The number of fused-ring (bicyclic) bond motifs is 2. The fourth-order valence-electron chi connectivity index (χ4n) is 3.56. The molecule has 3 heterocycles. The van der Waals surface area contributed by atoms with Crippen molar-refractivity contribution in [1.29, 1.82) is 0 Å². The molecule has 2 saturated heterocycles. The van der Waals surface area contributed by atoms with Crippen LogP contribution in [0.4, 0.5) is 5.95 Å². The molecule has 2 bridgehead atoms. The minimum Gasteiger partial charge on any atom is -0.334 e. The summed E-state index contributed by atoms with van der Waals surface area (Å²) in [5.74, 6) is -0.0495. The highest BCUT2D eigenvalue weighted by atomic mass is 16.5. The highest BCUT2D eigenvalue weighted by molar-refractivity contribution is 5.95. The van der Waals surface area contributed by atoms with Crippen molar-refractivity contribution in [2.45, 2.75) is 18.5 Å². The summed E-state index contributed by atoms with van der Waals surface area (Å²) in [5, 5.41) is 8.63. The van der Waals surface area contributed by atoms with Gasteiger partial charge >= 0.3 is 0 Å². The molecule has 0 aliphatic carbocycles. The number of rotatable bonds is 3. The first-order chi connectivity index (χ1) is 12.2. The number of benzene rings is 1. The van der Waals surface area contributed by atoms with E-state index >= 15 is 0 Å². The summed E-state index contributed by atoms with van der Waals surface area (Å²) in [5.41, 5.74) is 2.45. The van der Waals surface area contributed by atoms with Gasteiger partial charge in [-0.2, -0.15) is 0 Å². The van der Waals surface area contributed by atoms with E-state index in [1.165, 1.54) is 12.4 Å². The van der Waals surface area contributed by atoms with Gasteiger partial charge in [0, 0.05) is 31.0 Å². The first kappa shape index (κ1) is 15.5. The van der Waals surface area contributed by atoms with Crippen molar-refractivity contribution in [2.24, 2.45) is 0 Å². The second kappa shape index (κ2) is 6.14. The SMILES string of the molecule is O=C(NO)c1cnc(N2C[C@@H]3C[C@@H]2CN3C(=O)c2ccccc2)nc1. The molecule has 0 radical (unpaired) electrons. The van der Waals surface area contributed by atoms with Crippen LogP contribution >= 0.6 is 0 Å². The van der Waals surface area contributed by atoms with Crippen LogP contribution in [-0.4, -0.2) is 57.1 Å². The molecule has 2 aromatic rings. The van der Waals surface area contributed by atoms with Gasteiger partial charge < -0.3 is 9.80 Å². The summed E-state index contributed by atoms with van der Waals surface area (Å²) in [6.45, 7) is 1.31. The number of anilines is 1. The third-order valence-electron chi connectivity index (χ3n) is 4.78. The molecule has 2 N–H and O–H groups in total. The lowest BCUT2D eigenvalue weighted by molar-refractivity contribution is 0.0703. The predicted octanol–water partition coefficient (Wildman–Crippen LogP) is 0.699. The fraction of sp³-hybridized carbons (Fsp3) is 0.294. The molecular weight excluding hydrogens is 322 g/mol. The van der Waals surface area contributed by atoms with E-state index in [-0.39, 0.29) is 23.6 Å². The maximum Gasteiger partial charge on any atom is 0.277 e. The van der Waals surface area contributed by atoms with Crippen LogP contribution in [-0.2, 0) is 0 Å². The predicted molar refractivity (Wildman–Crippen MR) is 88.3 cm³/mol. The van der Waals surface area contributed by atoms with E-state index in [2.05, 4.69) is 14.9 Å². The van der Waals surface area contributed by atoms with Gasteiger partial charge in [0.2, 0.25) is 5.95 Å². The number of piperazine rings is 1. The first-order valence-corrected chi connectivity index (χ1v) is 8.06. The van der Waals surface area contributed by atoms with Crippen molar-refractivity contribution < 1.29 is 14.8 Å². The molecule has 8 heteroatoms. The molecule has 25 heavy (non-hydrogen) atoms. The fourth-order valence-corrected chi connectivity index (χ4v) is 3.56. The van der Waals surface area contributed by atoms with Crippen molar-refractivity contribution in [1.82, 2.24) is 20.3 Å². The Morgan fingerprint density at radius 2 is 1.76 bits per heavy atom. The normalized spacial score (nSPS) is 21.5. The van der Waals surface area contributed by atoms with E-state index in [0.29, 0.717) is 24.6 Å². The lowest BCUT2D eigenvalue weighted by Gasteiger charge is -2.34. The maximum atomic E-state index is 12.6. The lowest BCUT2D eigenvalue weighted by atomic mass is 10.2. The number of carbonyl (C=O) groups excluding carboxylic acids is 2. The Kier molecular flexibility index (Phi) is 3.81. The van der Waals surface area contributed by atoms with Crippen molar-refractivity contribution >= 4 is 17.8 Å². The number of hydrogen-bond donors (Lipinski definition) is 2. The standard InChI is InChI=1S/C17H17N5O3/c23-15(20-25)12-7-18-17(19-8-12)22-10-13-6-14(22)9-21(13)16(24)11-4-2-1-3-5-11/h1-5,7-8,13-14,25H,6,9-10H2,(H,20,23)/t13-,14+/m0/s1. The summed E-state index contributed by atoms with van der Waals surface area (Å²) in [7, 11) is 0. The van der Waals surface area contributed by atoms with E-state index < -0.39 is 5.91 Å². The van der Waals surface area contributed by atoms with Crippen LogP contribution < -0.4 is 10.4 Å². The minimum atomic E-state index is -0.644. The van der Waals surface area contributed by atoms with Crippen molar-refractivity contribution in [3.8, 4) is 0 Å². The van der Waals surface area contributed by atoms with Gasteiger partial charge in [0.1, 0.15) is 0 Å². The number of hydrogen-bond acceptors (Lipinski definition) is 6. The molecule has 4 rings (SSSR count). The summed E-state index contributed by atoms with van der Waals surface area (Å²) >= 11 is 0. The van der Waals surface area contributed by atoms with Gasteiger partial charge in [-0.1, -0.05) is 18.2 Å². The van der Waals surface area contributed by atoms with Crippen molar-refractivity contribution in [3.63, 3.8) is 0 Å². The number of amides is 2. The quantitative estimate of drug-likeness (QED) is 0.631. The smallest absolute Gasteiger partial charge is 0.277 e. The van der Waals surface area contributed by atoms with Crippen LogP contribution in [0.5, 0.6) is 0 Å². The molecule has 0 spiro atoms. The molecule has 8 nitrogen and oxygen atoms in total. The van der Waals surface area contributed by atoms with E-state index in [9.17, 15) is 9.59 Å². The first-order valence-electron chi connectivity index (χ1n) is 8.06. The number of nitrogens with one attached hydrogen (secondary N) is 1. The Morgan fingerprint density at radius 3 is 2.36 bits per heavy atom. The third kappa shape index (κ3) is 2.70. The van der Waals surface area contributed by atoms with Gasteiger partial charge in [-0.25, -0.2) is 15.4 Å². The van der Waals surface area contributed by atoms with Crippen LogP contribution in [0.3, 0.4) is 0 Å². The van der Waals surface area contributed by atoms with Gasteiger partial charge in [0.25, 0.3) is 11.8 Å². The monoisotopic (exact) mass is 339 g/mol. The molecular formula is C17H17N5O3. The molecule has 128 valence electrons. The summed E-state index contributed by atoms with van der Waals surface area (Å²) in [6, 6.07) is 9.61. The topological polar surface area (TPSA) is 98.7 Å². The zero-order chi connectivity index (χ0) is 17.4. The molecule has 2 atom stereocenters. The van der Waals surface area contributed by atoms with Crippen molar-refractivity contribution in [3.05, 3.63) is 53.9 Å². The van der Waals surface area contributed by atoms with Crippen LogP contribution in [0, 0.1) is 0 Å². The lowest BCUT2D eigenvalue weighted by Crippen LogP contribution is -2.49. The highest BCUT2D eigenvalue weighted by Gasteiger charge is 2.46. The third-order valence-corrected chi connectivity index (χ3v) is 4.78. The van der Waals surface area contributed by atoms with E-state index in [1.54, 1.807) is 5.48 Å². The summed E-state index contributed by atoms with van der Waals surface area (Å²) < 4.78 is 0. The van der Waals surface area contributed by atoms with Crippen LogP contribution in [0.25, 0.3) is 0 Å². The van der Waals surface area contributed by atoms with Gasteiger partial charge in [0.15, 0.2) is 0 Å². The Labute approximate surface area is 144 Å². The molecule has 2 aliphatic rings.